The van der Waals surface area contributed by atoms with E-state index in [0.29, 0.717) is 0 Å². The zero-order valence-electron chi connectivity index (χ0n) is 32.8. The minimum atomic E-state index is -6.13. The Morgan fingerprint density at radius 3 is 0.586 bits per heavy atom. The third-order valence-corrected chi connectivity index (χ3v) is 16.7. The third-order valence-electron chi connectivity index (χ3n) is 9.71. The summed E-state index contributed by atoms with van der Waals surface area (Å²) in [5.41, 5.74) is -30.2. The van der Waals surface area contributed by atoms with Crippen LogP contribution in [0.25, 0.3) is 0 Å². The molecule has 0 aliphatic carbocycles. The Bertz CT molecular complexity index is 2370. The summed E-state index contributed by atoms with van der Waals surface area (Å²) in [5.74, 6) is 0. The Hall–Kier alpha value is -3.65. The minimum absolute atomic E-state index is 0.0474. The van der Waals surface area contributed by atoms with Crippen molar-refractivity contribution in [3.05, 3.63) is 155 Å². The average Bonchev–Trinajstić information content (AvgIpc) is 3.81. The molecule has 0 unspecified atom stereocenters. The van der Waals surface area contributed by atoms with E-state index in [-0.39, 0.29) is 21.2 Å². The molecule has 0 radical (unpaired) electrons. The second kappa shape index (κ2) is 19.7. The summed E-state index contributed by atoms with van der Waals surface area (Å²) in [6, 6.07) is -0.120. The molecular weight excluding hydrogens is 1300 g/mol. The Kier molecular flexibility index (Phi) is 16.1. The first kappa shape index (κ1) is 57.3. The number of rotatable bonds is 6. The molecule has 2 heterocycles. The van der Waals surface area contributed by atoms with Crippen LogP contribution in [0.1, 0.15) is 44.5 Å². The number of halogens is 27. The van der Waals surface area contributed by atoms with E-state index in [2.05, 4.69) is 56.1 Å². The molecule has 0 atom stereocenters. The Labute approximate surface area is 411 Å². The summed E-state index contributed by atoms with van der Waals surface area (Å²) in [4.78, 5) is 0. The molecule has 4 aromatic carbocycles. The number of thiophene rings is 2. The van der Waals surface area contributed by atoms with E-state index in [1.165, 1.54) is 13.3 Å². The third kappa shape index (κ3) is 13.5. The van der Waals surface area contributed by atoms with Crippen molar-refractivity contribution in [1.29, 1.82) is 0 Å². The highest BCUT2D eigenvalue weighted by Crippen LogP contribution is 2.41. The van der Waals surface area contributed by atoms with Gasteiger partial charge in [-0.05, 0) is 68.3 Å². The van der Waals surface area contributed by atoms with Gasteiger partial charge in [-0.25, -0.2) is 0 Å². The lowest BCUT2D eigenvalue weighted by molar-refractivity contribution is -0.585. The van der Waals surface area contributed by atoms with E-state index in [1.807, 2.05) is 22.7 Å². The van der Waals surface area contributed by atoms with Crippen LogP contribution in [-0.2, 0) is 49.4 Å². The van der Waals surface area contributed by atoms with Crippen molar-refractivity contribution in [2.45, 2.75) is 49.4 Å². The Morgan fingerprint density at radius 2 is 0.457 bits per heavy atom. The van der Waals surface area contributed by atoms with Gasteiger partial charge >= 0.3 is 70.6 Å². The van der Waals surface area contributed by atoms with E-state index < -0.39 is 195 Å². The molecule has 0 amide bonds. The van der Waals surface area contributed by atoms with E-state index in [0.717, 1.165) is 0 Å². The highest BCUT2D eigenvalue weighted by molar-refractivity contribution is 9.11. The van der Waals surface area contributed by atoms with E-state index >= 15 is 0 Å². The SMILES string of the molecule is Brc1ccc([I+]c2ccc(Br)s2)s1.FC(F)(F)c1cc([B-](c2cc(C(F)(F)F)cc(C(F)(F)F)c2)(c2cc(C(F)(F)F)cc(C(F)(F)F)c2)c2cc(C(F)(F)F)cc(C(F)(F)F)c2)cc(C(F)(F)F)c1. The van der Waals surface area contributed by atoms with Crippen LogP contribution in [0.5, 0.6) is 0 Å². The molecule has 0 spiro atoms. The van der Waals surface area contributed by atoms with Crippen LogP contribution < -0.4 is 43.1 Å². The zero-order chi connectivity index (χ0) is 53.2. The molecule has 0 bridgehead atoms. The van der Waals surface area contributed by atoms with Crippen LogP contribution in [-0.4, -0.2) is 6.15 Å². The van der Waals surface area contributed by atoms with Crippen molar-refractivity contribution >= 4 is 82.5 Å². The van der Waals surface area contributed by atoms with Crippen LogP contribution >= 0.6 is 54.5 Å². The minimum Gasteiger partial charge on any atom is -0.194 e. The maximum Gasteiger partial charge on any atom is 0.416 e. The smallest absolute Gasteiger partial charge is 0.194 e. The van der Waals surface area contributed by atoms with Crippen molar-refractivity contribution in [2.75, 3.05) is 0 Å². The number of hydrogen-bond donors (Lipinski definition) is 0. The lowest BCUT2D eigenvalue weighted by atomic mass is 9.12. The van der Waals surface area contributed by atoms with Crippen LogP contribution in [0.3, 0.4) is 0 Å². The molecule has 6 rings (SSSR count). The molecule has 6 aromatic rings. The first-order valence-electron chi connectivity index (χ1n) is 18.0. The molecule has 70 heavy (non-hydrogen) atoms. The summed E-state index contributed by atoms with van der Waals surface area (Å²) >= 11 is 10.7. The molecule has 0 aliphatic rings. The fourth-order valence-corrected chi connectivity index (χ4v) is 15.7. The predicted octanol–water partition coefficient (Wildman–Crippen LogP) is 12.7. The van der Waals surface area contributed by atoms with Gasteiger partial charge in [-0.15, -0.1) is 0 Å². The second-order valence-corrected chi connectivity index (χ2v) is 23.7. The summed E-state index contributed by atoms with van der Waals surface area (Å²) in [6.45, 7) is 0. The normalized spacial score (nSPS) is 13.6. The van der Waals surface area contributed by atoms with Gasteiger partial charge in [0.1, 0.15) is 6.15 Å². The molecule has 380 valence electrons. The summed E-state index contributed by atoms with van der Waals surface area (Å²) in [5, 5.41) is 0. The Balaban J connectivity index is 0.000000600. The quantitative estimate of drug-likeness (QED) is 0.0886. The maximum absolute atomic E-state index is 14.2. The molecule has 0 nitrogen and oxygen atoms in total. The first-order chi connectivity index (χ1) is 31.5. The molecule has 30 heteroatoms. The van der Waals surface area contributed by atoms with Crippen molar-refractivity contribution < 1.29 is 127 Å². The van der Waals surface area contributed by atoms with Crippen LogP contribution in [0.2, 0.25) is 0 Å². The van der Waals surface area contributed by atoms with Gasteiger partial charge in [0.2, 0.25) is 5.77 Å². The van der Waals surface area contributed by atoms with Crippen LogP contribution in [0, 0.1) is 5.77 Å². The largest absolute Gasteiger partial charge is 0.416 e. The molecule has 0 N–H and O–H groups in total. The molecular formula is C40H16BBr2F24IS2. The van der Waals surface area contributed by atoms with Gasteiger partial charge in [-0.2, -0.15) is 127 Å². The van der Waals surface area contributed by atoms with Crippen LogP contribution in [0.15, 0.2) is 105 Å². The molecule has 0 aliphatic heterocycles. The Morgan fingerprint density at radius 1 is 0.286 bits per heavy atom. The standard InChI is InChI=1S/C32H12BF24.C8H4Br2IS2/c34-25(35,36)13-1-14(26(37,38)39)6-21(5-13)33(22-7-15(27(40,41)42)2-16(8-22)28(43,44)45,23-9-17(29(46,47)48)3-18(10-23)30(49,50)51)24-11-19(31(52,53)54)4-20(12-24)32(55,56)57;9-5-1-3-7(12-5)11-8-4-2-6(10)13-8/h1-12H;1-4H/q-1;+1. The van der Waals surface area contributed by atoms with Gasteiger partial charge < -0.3 is 0 Å². The summed E-state index contributed by atoms with van der Waals surface area (Å²) in [6.07, 6.45) is -54.8. The van der Waals surface area contributed by atoms with Gasteiger partial charge in [0.15, 0.2) is 0 Å². The van der Waals surface area contributed by atoms with Gasteiger partial charge in [-0.3, -0.25) is 0 Å². The van der Waals surface area contributed by atoms with Crippen LogP contribution in [0.4, 0.5) is 105 Å². The zero-order valence-corrected chi connectivity index (χ0v) is 39.8. The molecule has 0 fully saturated rings. The van der Waals surface area contributed by atoms with Gasteiger partial charge in [0, 0.05) is 12.1 Å². The molecule has 2 aromatic heterocycles. The fraction of sp³-hybridized carbons (Fsp3) is 0.200. The lowest BCUT2D eigenvalue weighted by Crippen LogP contribution is -3.61. The van der Waals surface area contributed by atoms with E-state index in [4.69, 9.17) is 0 Å². The maximum atomic E-state index is 14.2. The number of benzene rings is 4. The van der Waals surface area contributed by atoms with Crippen molar-refractivity contribution in [2.24, 2.45) is 0 Å². The van der Waals surface area contributed by atoms with Crippen molar-refractivity contribution in [3.8, 4) is 0 Å². The van der Waals surface area contributed by atoms with Gasteiger partial charge in [0.25, 0.3) is 0 Å². The fourth-order valence-electron chi connectivity index (χ4n) is 6.85. The topological polar surface area (TPSA) is 0 Å². The van der Waals surface area contributed by atoms with Gasteiger partial charge in [0.05, 0.1) is 52.1 Å². The second-order valence-electron chi connectivity index (χ2n) is 14.4. The molecule has 0 saturated heterocycles. The highest BCUT2D eigenvalue weighted by atomic mass is 127. The highest BCUT2D eigenvalue weighted by Gasteiger charge is 2.47. The number of alkyl halides is 24. The predicted molar refractivity (Wildman–Crippen MR) is 212 cm³/mol. The van der Waals surface area contributed by atoms with Crippen molar-refractivity contribution in [3.63, 3.8) is 0 Å². The first-order valence-corrected chi connectivity index (χ1v) is 23.4. The lowest BCUT2D eigenvalue weighted by Gasteiger charge is -2.46. The molecule has 0 saturated carbocycles. The monoisotopic (exact) mass is 1310 g/mol. The van der Waals surface area contributed by atoms with Crippen molar-refractivity contribution in [1.82, 2.24) is 0 Å². The van der Waals surface area contributed by atoms with E-state index in [1.54, 1.807) is 0 Å². The van der Waals surface area contributed by atoms with E-state index in [9.17, 15) is 105 Å². The van der Waals surface area contributed by atoms with Gasteiger partial charge in [-0.1, -0.05) is 71.2 Å². The summed E-state index contributed by atoms with van der Waals surface area (Å²) in [7, 11) is 0. The number of hydrogen-bond acceptors (Lipinski definition) is 2. The average molecular weight is 1310 g/mol. The summed E-state index contributed by atoms with van der Waals surface area (Å²) < 4.78 is 346.